The van der Waals surface area contributed by atoms with Gasteiger partial charge in [-0.15, -0.1) is 0 Å². The Kier molecular flexibility index (Phi) is 4.56. The number of rotatable bonds is 6. The van der Waals surface area contributed by atoms with Crippen LogP contribution in [0, 0.1) is 10.8 Å². The Labute approximate surface area is 92.9 Å². The fourth-order valence-electron chi connectivity index (χ4n) is 2.23. The van der Waals surface area contributed by atoms with E-state index in [1.165, 1.54) is 25.7 Å². The second-order valence-corrected chi connectivity index (χ2v) is 5.75. The van der Waals surface area contributed by atoms with Gasteiger partial charge in [-0.1, -0.05) is 26.7 Å². The summed E-state index contributed by atoms with van der Waals surface area (Å²) in [6.45, 7) is 5.98. The van der Waals surface area contributed by atoms with Crippen LogP contribution in [0.3, 0.4) is 0 Å². The summed E-state index contributed by atoms with van der Waals surface area (Å²) >= 11 is 0. The summed E-state index contributed by atoms with van der Waals surface area (Å²) < 4.78 is 0. The maximum atomic E-state index is 9.14. The molecule has 0 bridgehead atoms. The van der Waals surface area contributed by atoms with Crippen molar-refractivity contribution in [3.05, 3.63) is 0 Å². The highest BCUT2D eigenvalue weighted by atomic mass is 16.3. The Balaban J connectivity index is 2.25. The summed E-state index contributed by atoms with van der Waals surface area (Å²) in [5.74, 6) is 0. The molecule has 1 aliphatic carbocycles. The first-order chi connectivity index (χ1) is 7.04. The zero-order chi connectivity index (χ0) is 11.4. The molecular formula is C12H25NO2. The number of nitrogens with one attached hydrogen (secondary N) is 1. The molecule has 1 saturated carbocycles. The highest BCUT2D eigenvalue weighted by Crippen LogP contribution is 2.36. The average molecular weight is 215 g/mol. The molecule has 0 saturated heterocycles. The zero-order valence-electron chi connectivity index (χ0n) is 10.1. The lowest BCUT2D eigenvalue weighted by atomic mass is 9.87. The van der Waals surface area contributed by atoms with Crippen molar-refractivity contribution < 1.29 is 10.2 Å². The predicted molar refractivity (Wildman–Crippen MR) is 61.7 cm³/mol. The Bertz CT molecular complexity index is 180. The van der Waals surface area contributed by atoms with Crippen molar-refractivity contribution in [2.75, 3.05) is 26.3 Å². The maximum absolute atomic E-state index is 9.14. The van der Waals surface area contributed by atoms with Crippen LogP contribution in [0.15, 0.2) is 0 Å². The summed E-state index contributed by atoms with van der Waals surface area (Å²) in [7, 11) is 0. The van der Waals surface area contributed by atoms with E-state index in [4.69, 9.17) is 10.2 Å². The number of aliphatic hydroxyl groups is 2. The Morgan fingerprint density at radius 3 is 2.20 bits per heavy atom. The van der Waals surface area contributed by atoms with E-state index in [0.717, 1.165) is 6.54 Å². The lowest BCUT2D eigenvalue weighted by Crippen LogP contribution is -2.41. The molecule has 15 heavy (non-hydrogen) atoms. The first-order valence-electron chi connectivity index (χ1n) is 5.96. The van der Waals surface area contributed by atoms with Gasteiger partial charge >= 0.3 is 0 Å². The molecule has 1 aliphatic rings. The van der Waals surface area contributed by atoms with Gasteiger partial charge in [-0.3, -0.25) is 0 Å². The number of hydrogen-bond acceptors (Lipinski definition) is 3. The largest absolute Gasteiger partial charge is 0.396 e. The van der Waals surface area contributed by atoms with Gasteiger partial charge in [0.1, 0.15) is 0 Å². The highest BCUT2D eigenvalue weighted by Gasteiger charge is 2.29. The summed E-state index contributed by atoms with van der Waals surface area (Å²) in [5, 5.41) is 21.7. The standard InChI is InChI=1S/C12H25NO2/c1-11(5-3-4-6-11)7-13-8-12(2,9-14)10-15/h13-15H,3-10H2,1-2H3. The van der Waals surface area contributed by atoms with Crippen LogP contribution in [0.4, 0.5) is 0 Å². The van der Waals surface area contributed by atoms with Crippen LogP contribution >= 0.6 is 0 Å². The van der Waals surface area contributed by atoms with Crippen LogP contribution in [0.5, 0.6) is 0 Å². The minimum absolute atomic E-state index is 0.0349. The van der Waals surface area contributed by atoms with Gasteiger partial charge in [-0.05, 0) is 18.3 Å². The molecule has 0 aromatic heterocycles. The van der Waals surface area contributed by atoms with Crippen molar-refractivity contribution in [1.82, 2.24) is 5.32 Å². The van der Waals surface area contributed by atoms with Gasteiger partial charge < -0.3 is 15.5 Å². The molecule has 0 atom stereocenters. The molecule has 0 heterocycles. The van der Waals surface area contributed by atoms with Gasteiger partial charge in [0.25, 0.3) is 0 Å². The topological polar surface area (TPSA) is 52.5 Å². The minimum atomic E-state index is -0.380. The molecular weight excluding hydrogens is 190 g/mol. The predicted octanol–water partition coefficient (Wildman–Crippen LogP) is 1.15. The first kappa shape index (κ1) is 12.9. The Hall–Kier alpha value is -0.120. The normalized spacial score (nSPS) is 20.8. The molecule has 3 heteroatoms. The van der Waals surface area contributed by atoms with Crippen molar-refractivity contribution in [3.8, 4) is 0 Å². The highest BCUT2D eigenvalue weighted by molar-refractivity contribution is 4.84. The van der Waals surface area contributed by atoms with E-state index in [-0.39, 0.29) is 18.6 Å². The molecule has 0 aliphatic heterocycles. The minimum Gasteiger partial charge on any atom is -0.396 e. The molecule has 0 aromatic rings. The number of hydrogen-bond donors (Lipinski definition) is 3. The van der Waals surface area contributed by atoms with Gasteiger partial charge in [-0.2, -0.15) is 0 Å². The molecule has 3 nitrogen and oxygen atoms in total. The lowest BCUT2D eigenvalue weighted by Gasteiger charge is -2.29. The molecule has 1 fully saturated rings. The van der Waals surface area contributed by atoms with Crippen LogP contribution in [0.2, 0.25) is 0 Å². The Morgan fingerprint density at radius 2 is 1.73 bits per heavy atom. The van der Waals surface area contributed by atoms with Crippen LogP contribution in [0.25, 0.3) is 0 Å². The third-order valence-electron chi connectivity index (χ3n) is 3.68. The van der Waals surface area contributed by atoms with E-state index in [1.807, 2.05) is 6.92 Å². The van der Waals surface area contributed by atoms with Crippen molar-refractivity contribution in [3.63, 3.8) is 0 Å². The summed E-state index contributed by atoms with van der Waals surface area (Å²) in [5.41, 5.74) is 0.0563. The van der Waals surface area contributed by atoms with Gasteiger partial charge in [0.2, 0.25) is 0 Å². The monoisotopic (exact) mass is 215 g/mol. The molecule has 90 valence electrons. The van der Waals surface area contributed by atoms with Crippen molar-refractivity contribution in [2.45, 2.75) is 39.5 Å². The molecule has 0 radical (unpaired) electrons. The first-order valence-corrected chi connectivity index (χ1v) is 5.96. The van der Waals surface area contributed by atoms with Crippen LogP contribution < -0.4 is 5.32 Å². The van der Waals surface area contributed by atoms with E-state index in [9.17, 15) is 0 Å². The average Bonchev–Trinajstić information content (AvgIpc) is 2.65. The van der Waals surface area contributed by atoms with E-state index < -0.39 is 0 Å². The van der Waals surface area contributed by atoms with Crippen molar-refractivity contribution in [2.24, 2.45) is 10.8 Å². The molecule has 0 unspecified atom stereocenters. The second kappa shape index (κ2) is 5.28. The Morgan fingerprint density at radius 1 is 1.20 bits per heavy atom. The van der Waals surface area contributed by atoms with Gasteiger partial charge in [0.15, 0.2) is 0 Å². The number of aliphatic hydroxyl groups excluding tert-OH is 2. The third-order valence-corrected chi connectivity index (χ3v) is 3.68. The smallest absolute Gasteiger partial charge is 0.0518 e. The van der Waals surface area contributed by atoms with Gasteiger partial charge in [-0.25, -0.2) is 0 Å². The van der Waals surface area contributed by atoms with E-state index in [0.29, 0.717) is 12.0 Å². The van der Waals surface area contributed by atoms with Crippen molar-refractivity contribution in [1.29, 1.82) is 0 Å². The third kappa shape index (κ3) is 3.74. The molecule has 0 amide bonds. The van der Waals surface area contributed by atoms with E-state index in [2.05, 4.69) is 12.2 Å². The van der Waals surface area contributed by atoms with E-state index in [1.54, 1.807) is 0 Å². The van der Waals surface area contributed by atoms with Crippen molar-refractivity contribution >= 4 is 0 Å². The van der Waals surface area contributed by atoms with Crippen LogP contribution in [-0.4, -0.2) is 36.5 Å². The SMILES string of the molecule is CC(CO)(CO)CNCC1(C)CCCC1. The molecule has 1 rings (SSSR count). The van der Waals surface area contributed by atoms with Gasteiger partial charge in [0, 0.05) is 18.5 Å². The second-order valence-electron chi connectivity index (χ2n) is 5.75. The maximum Gasteiger partial charge on any atom is 0.0518 e. The molecule has 0 aromatic carbocycles. The van der Waals surface area contributed by atoms with E-state index >= 15 is 0 Å². The fourth-order valence-corrected chi connectivity index (χ4v) is 2.23. The van der Waals surface area contributed by atoms with Gasteiger partial charge in [0.05, 0.1) is 13.2 Å². The summed E-state index contributed by atoms with van der Waals surface area (Å²) in [6.07, 6.45) is 5.29. The molecule has 0 spiro atoms. The molecule has 3 N–H and O–H groups in total. The zero-order valence-corrected chi connectivity index (χ0v) is 10.1. The van der Waals surface area contributed by atoms with Crippen LogP contribution in [0.1, 0.15) is 39.5 Å². The lowest BCUT2D eigenvalue weighted by molar-refractivity contribution is 0.0672. The van der Waals surface area contributed by atoms with Crippen LogP contribution in [-0.2, 0) is 0 Å². The fraction of sp³-hybridized carbons (Fsp3) is 1.00. The quantitative estimate of drug-likeness (QED) is 0.623. The summed E-state index contributed by atoms with van der Waals surface area (Å²) in [4.78, 5) is 0. The summed E-state index contributed by atoms with van der Waals surface area (Å²) in [6, 6.07) is 0.